The van der Waals surface area contributed by atoms with Gasteiger partial charge in [-0.3, -0.25) is 4.79 Å². The fraction of sp³-hybridized carbons (Fsp3) is 0.360. The van der Waals surface area contributed by atoms with Crippen molar-refractivity contribution in [2.75, 3.05) is 18.5 Å². The van der Waals surface area contributed by atoms with Crippen LogP contribution in [0.15, 0.2) is 53.7 Å². The minimum Gasteiger partial charge on any atom is -0.475 e. The van der Waals surface area contributed by atoms with Gasteiger partial charge in [-0.25, -0.2) is 19.7 Å². The molecule has 1 fully saturated rings. The molecule has 0 unspecified atom stereocenters. The van der Waals surface area contributed by atoms with Crippen molar-refractivity contribution in [3.05, 3.63) is 59.9 Å². The van der Waals surface area contributed by atoms with Crippen LogP contribution in [0.2, 0.25) is 0 Å². The van der Waals surface area contributed by atoms with E-state index in [2.05, 4.69) is 14.7 Å². The molecule has 3 heterocycles. The summed E-state index contributed by atoms with van der Waals surface area (Å²) in [6.45, 7) is 6.27. The number of pyridine rings is 3. The summed E-state index contributed by atoms with van der Waals surface area (Å²) in [5.74, 6) is 0.696. The van der Waals surface area contributed by atoms with E-state index >= 15 is 0 Å². The molecule has 1 aliphatic rings. The Morgan fingerprint density at radius 3 is 2.54 bits per heavy atom. The van der Waals surface area contributed by atoms with Crippen molar-refractivity contribution < 1.29 is 17.9 Å². The standard InChI is InChI=1S/C25H29N5O4S/c1-16(2)34-22-13-10-19(14-26-22)21-12-11-20(24(28-21)30(4)15-18-8-9-18)25(31)29-35(32,33)23-7-5-6-17(3)27-23/h5-7,10-14,16,18H,8-9,15H2,1-4H3,(H,29,31). The minimum absolute atomic E-state index is 0.0122. The molecule has 0 spiro atoms. The number of nitrogens with one attached hydrogen (secondary N) is 1. The molecule has 3 aromatic rings. The largest absolute Gasteiger partial charge is 0.475 e. The van der Waals surface area contributed by atoms with Gasteiger partial charge in [-0.2, -0.15) is 8.42 Å². The lowest BCUT2D eigenvalue weighted by molar-refractivity contribution is 0.0981. The lowest BCUT2D eigenvalue weighted by atomic mass is 10.1. The molecular formula is C25H29N5O4S. The number of rotatable bonds is 9. The molecule has 0 radical (unpaired) electrons. The third-order valence-corrected chi connectivity index (χ3v) is 6.70. The van der Waals surface area contributed by atoms with Gasteiger partial charge in [0.25, 0.3) is 15.9 Å². The predicted octanol–water partition coefficient (Wildman–Crippen LogP) is 3.60. The monoisotopic (exact) mass is 495 g/mol. The fourth-order valence-electron chi connectivity index (χ4n) is 3.59. The number of ether oxygens (including phenoxy) is 1. The first kappa shape index (κ1) is 24.6. The first-order valence-corrected chi connectivity index (χ1v) is 13.0. The highest BCUT2D eigenvalue weighted by atomic mass is 32.2. The highest BCUT2D eigenvalue weighted by molar-refractivity contribution is 7.90. The summed E-state index contributed by atoms with van der Waals surface area (Å²) < 4.78 is 33.3. The topological polar surface area (TPSA) is 114 Å². The maximum absolute atomic E-state index is 13.1. The van der Waals surface area contributed by atoms with Crippen molar-refractivity contribution in [1.82, 2.24) is 19.7 Å². The quantitative estimate of drug-likeness (QED) is 0.479. The summed E-state index contributed by atoms with van der Waals surface area (Å²) >= 11 is 0. The predicted molar refractivity (Wildman–Crippen MR) is 133 cm³/mol. The van der Waals surface area contributed by atoms with Crippen molar-refractivity contribution in [2.24, 2.45) is 5.92 Å². The van der Waals surface area contributed by atoms with Gasteiger partial charge in [0.05, 0.1) is 17.4 Å². The molecule has 10 heteroatoms. The Bertz CT molecular complexity index is 1320. The van der Waals surface area contributed by atoms with Gasteiger partial charge in [0, 0.05) is 37.1 Å². The van der Waals surface area contributed by atoms with Gasteiger partial charge in [-0.1, -0.05) is 6.07 Å². The van der Waals surface area contributed by atoms with Gasteiger partial charge < -0.3 is 9.64 Å². The van der Waals surface area contributed by atoms with E-state index in [1.807, 2.05) is 31.9 Å². The molecule has 1 aliphatic carbocycles. The van der Waals surface area contributed by atoms with Crippen molar-refractivity contribution in [3.63, 3.8) is 0 Å². The van der Waals surface area contributed by atoms with Crippen LogP contribution < -0.4 is 14.4 Å². The molecule has 1 N–H and O–H groups in total. The second kappa shape index (κ2) is 9.99. The molecule has 4 rings (SSSR count). The number of sulfonamides is 1. The number of aryl methyl sites for hydroxylation is 1. The van der Waals surface area contributed by atoms with Gasteiger partial charge >= 0.3 is 0 Å². The van der Waals surface area contributed by atoms with Gasteiger partial charge in [-0.15, -0.1) is 0 Å². The second-order valence-electron chi connectivity index (χ2n) is 9.00. The van der Waals surface area contributed by atoms with Crippen LogP contribution in [0.3, 0.4) is 0 Å². The summed E-state index contributed by atoms with van der Waals surface area (Å²) in [6, 6.07) is 11.5. The lowest BCUT2D eigenvalue weighted by Crippen LogP contribution is -2.33. The summed E-state index contributed by atoms with van der Waals surface area (Å²) in [5, 5.41) is -0.210. The van der Waals surface area contributed by atoms with E-state index < -0.39 is 15.9 Å². The number of amides is 1. The molecule has 1 saturated carbocycles. The molecule has 0 aromatic carbocycles. The van der Waals surface area contributed by atoms with Gasteiger partial charge in [0.2, 0.25) is 5.88 Å². The molecule has 9 nitrogen and oxygen atoms in total. The van der Waals surface area contributed by atoms with Crippen molar-refractivity contribution in [3.8, 4) is 17.1 Å². The number of hydrogen-bond acceptors (Lipinski definition) is 8. The summed E-state index contributed by atoms with van der Waals surface area (Å²) in [7, 11) is -2.28. The van der Waals surface area contributed by atoms with Crippen LogP contribution in [0.5, 0.6) is 5.88 Å². The van der Waals surface area contributed by atoms with E-state index in [1.165, 1.54) is 6.07 Å². The fourth-order valence-corrected chi connectivity index (χ4v) is 4.57. The maximum atomic E-state index is 13.1. The van der Waals surface area contributed by atoms with Gasteiger partial charge in [0.15, 0.2) is 5.03 Å². The third-order valence-electron chi connectivity index (χ3n) is 5.46. The average molecular weight is 496 g/mol. The highest BCUT2D eigenvalue weighted by Gasteiger charge is 2.28. The van der Waals surface area contributed by atoms with Crippen LogP contribution in [0.4, 0.5) is 5.82 Å². The molecule has 35 heavy (non-hydrogen) atoms. The van der Waals surface area contributed by atoms with Gasteiger partial charge in [-0.05, 0) is 69.9 Å². The summed E-state index contributed by atoms with van der Waals surface area (Å²) in [6.07, 6.45) is 3.93. The van der Waals surface area contributed by atoms with Crippen LogP contribution in [-0.2, 0) is 10.0 Å². The van der Waals surface area contributed by atoms with Crippen LogP contribution in [0.25, 0.3) is 11.3 Å². The SMILES string of the molecule is Cc1cccc(S(=O)(=O)NC(=O)c2ccc(-c3ccc(OC(C)C)nc3)nc2N(C)CC2CC2)n1. The Kier molecular flexibility index (Phi) is 7.02. The summed E-state index contributed by atoms with van der Waals surface area (Å²) in [4.78, 5) is 28.1. The second-order valence-corrected chi connectivity index (χ2v) is 10.6. The average Bonchev–Trinajstić information content (AvgIpc) is 3.62. The van der Waals surface area contributed by atoms with E-state index in [-0.39, 0.29) is 16.7 Å². The Labute approximate surface area is 205 Å². The van der Waals surface area contributed by atoms with Crippen LogP contribution in [0.1, 0.15) is 42.7 Å². The molecule has 0 saturated heterocycles. The van der Waals surface area contributed by atoms with Crippen LogP contribution in [0, 0.1) is 12.8 Å². The maximum Gasteiger partial charge on any atom is 0.281 e. The van der Waals surface area contributed by atoms with Crippen LogP contribution >= 0.6 is 0 Å². The Balaban J connectivity index is 1.65. The molecule has 0 atom stereocenters. The number of carbonyl (C=O) groups excluding carboxylic acids is 1. The highest BCUT2D eigenvalue weighted by Crippen LogP contribution is 2.32. The summed E-state index contributed by atoms with van der Waals surface area (Å²) in [5.41, 5.74) is 2.08. The Hall–Kier alpha value is -3.53. The van der Waals surface area contributed by atoms with Crippen molar-refractivity contribution >= 4 is 21.7 Å². The number of nitrogens with zero attached hydrogens (tertiary/aromatic N) is 4. The van der Waals surface area contributed by atoms with Crippen LogP contribution in [-0.4, -0.2) is 49.0 Å². The minimum atomic E-state index is -4.14. The zero-order valence-corrected chi connectivity index (χ0v) is 21.0. The zero-order valence-electron chi connectivity index (χ0n) is 20.2. The number of anilines is 1. The number of aromatic nitrogens is 3. The Morgan fingerprint density at radius 1 is 1.14 bits per heavy atom. The lowest BCUT2D eigenvalue weighted by Gasteiger charge is -2.21. The molecule has 0 bridgehead atoms. The zero-order chi connectivity index (χ0) is 25.2. The van der Waals surface area contributed by atoms with E-state index in [4.69, 9.17) is 9.72 Å². The Morgan fingerprint density at radius 2 is 1.91 bits per heavy atom. The normalized spacial score (nSPS) is 13.5. The third kappa shape index (κ3) is 6.13. The number of hydrogen-bond donors (Lipinski definition) is 1. The smallest absolute Gasteiger partial charge is 0.281 e. The molecule has 1 amide bonds. The molecule has 184 valence electrons. The van der Waals surface area contributed by atoms with E-state index in [0.29, 0.717) is 29.0 Å². The van der Waals surface area contributed by atoms with E-state index in [9.17, 15) is 13.2 Å². The van der Waals surface area contributed by atoms with Crippen molar-refractivity contribution in [2.45, 2.75) is 44.7 Å². The molecular weight excluding hydrogens is 466 g/mol. The first-order valence-electron chi connectivity index (χ1n) is 11.5. The molecule has 3 aromatic heterocycles. The molecule has 0 aliphatic heterocycles. The van der Waals surface area contributed by atoms with Gasteiger partial charge in [0.1, 0.15) is 5.82 Å². The van der Waals surface area contributed by atoms with E-state index in [1.54, 1.807) is 43.5 Å². The number of carbonyl (C=O) groups is 1. The first-order chi connectivity index (χ1) is 16.6. The van der Waals surface area contributed by atoms with Crippen molar-refractivity contribution in [1.29, 1.82) is 0 Å². The van der Waals surface area contributed by atoms with E-state index in [0.717, 1.165) is 24.9 Å².